The van der Waals surface area contributed by atoms with Crippen molar-refractivity contribution in [1.82, 2.24) is 4.98 Å². The summed E-state index contributed by atoms with van der Waals surface area (Å²) in [4.78, 5) is 15.5. The second-order valence-electron chi connectivity index (χ2n) is 5.91. The van der Waals surface area contributed by atoms with Crippen molar-refractivity contribution in [1.29, 1.82) is 0 Å². The molecule has 0 atom stereocenters. The predicted molar refractivity (Wildman–Crippen MR) is 99.7 cm³/mol. The standard InChI is InChI=1S/C18H19N3O4S/c1-11-14(13-5-3-4-6-15(13)20-11)10-18(22)21-12-7-8-16(25-2)17(9-12)26(19,23)24/h3-9,20H,10H2,1-2H3,(H,21,22)(H2,19,23,24). The minimum Gasteiger partial charge on any atom is -0.495 e. The first-order valence-electron chi connectivity index (χ1n) is 7.86. The van der Waals surface area contributed by atoms with Gasteiger partial charge >= 0.3 is 0 Å². The van der Waals surface area contributed by atoms with E-state index in [0.717, 1.165) is 22.2 Å². The van der Waals surface area contributed by atoms with Crippen LogP contribution in [0.3, 0.4) is 0 Å². The van der Waals surface area contributed by atoms with Crippen LogP contribution >= 0.6 is 0 Å². The highest BCUT2D eigenvalue weighted by molar-refractivity contribution is 7.89. The fourth-order valence-corrected chi connectivity index (χ4v) is 3.63. The fourth-order valence-electron chi connectivity index (χ4n) is 2.91. The quantitative estimate of drug-likeness (QED) is 0.637. The summed E-state index contributed by atoms with van der Waals surface area (Å²) in [6, 6.07) is 12.0. The van der Waals surface area contributed by atoms with Gasteiger partial charge in [-0.3, -0.25) is 4.79 Å². The number of aromatic amines is 1. The van der Waals surface area contributed by atoms with Crippen LogP contribution in [0.5, 0.6) is 5.75 Å². The number of nitrogens with one attached hydrogen (secondary N) is 2. The number of carbonyl (C=O) groups is 1. The van der Waals surface area contributed by atoms with Crippen molar-refractivity contribution in [3.8, 4) is 5.75 Å². The van der Waals surface area contributed by atoms with E-state index in [1.165, 1.54) is 19.2 Å². The summed E-state index contributed by atoms with van der Waals surface area (Å²) in [6.45, 7) is 1.91. The Morgan fingerprint density at radius 2 is 1.96 bits per heavy atom. The van der Waals surface area contributed by atoms with Crippen LogP contribution in [0.1, 0.15) is 11.3 Å². The number of hydrogen-bond donors (Lipinski definition) is 3. The van der Waals surface area contributed by atoms with E-state index in [-0.39, 0.29) is 23.0 Å². The van der Waals surface area contributed by atoms with E-state index in [1.807, 2.05) is 31.2 Å². The lowest BCUT2D eigenvalue weighted by Crippen LogP contribution is -2.17. The van der Waals surface area contributed by atoms with Crippen LogP contribution in [-0.4, -0.2) is 26.4 Å². The molecule has 0 saturated heterocycles. The lowest BCUT2D eigenvalue weighted by molar-refractivity contribution is -0.115. The Morgan fingerprint density at radius 1 is 1.23 bits per heavy atom. The van der Waals surface area contributed by atoms with E-state index >= 15 is 0 Å². The smallest absolute Gasteiger partial charge is 0.241 e. The summed E-state index contributed by atoms with van der Waals surface area (Å²) in [6.07, 6.45) is 0.159. The zero-order valence-electron chi connectivity index (χ0n) is 14.4. The molecule has 8 heteroatoms. The molecule has 3 aromatic rings. The summed E-state index contributed by atoms with van der Waals surface area (Å²) in [5, 5.41) is 8.89. The van der Waals surface area contributed by atoms with Gasteiger partial charge in [-0.25, -0.2) is 13.6 Å². The molecule has 1 aromatic heterocycles. The van der Waals surface area contributed by atoms with Crippen LogP contribution in [0, 0.1) is 6.92 Å². The van der Waals surface area contributed by atoms with E-state index in [4.69, 9.17) is 9.88 Å². The normalized spacial score (nSPS) is 11.5. The molecule has 26 heavy (non-hydrogen) atoms. The van der Waals surface area contributed by atoms with E-state index in [9.17, 15) is 13.2 Å². The van der Waals surface area contributed by atoms with Crippen molar-refractivity contribution in [3.63, 3.8) is 0 Å². The lowest BCUT2D eigenvalue weighted by Gasteiger charge is -2.10. The molecule has 4 N–H and O–H groups in total. The van der Waals surface area contributed by atoms with Crippen LogP contribution in [0.15, 0.2) is 47.4 Å². The number of hydrogen-bond acceptors (Lipinski definition) is 4. The van der Waals surface area contributed by atoms with Crippen molar-refractivity contribution in [3.05, 3.63) is 53.7 Å². The average Bonchev–Trinajstić information content (AvgIpc) is 2.90. The summed E-state index contributed by atoms with van der Waals surface area (Å²) >= 11 is 0. The molecule has 0 aliphatic heterocycles. The summed E-state index contributed by atoms with van der Waals surface area (Å²) < 4.78 is 28.4. The number of nitrogens with two attached hydrogens (primary N) is 1. The second kappa shape index (κ2) is 6.81. The summed E-state index contributed by atoms with van der Waals surface area (Å²) in [5.41, 5.74) is 3.12. The molecule has 0 spiro atoms. The Labute approximate surface area is 151 Å². The number of aromatic nitrogens is 1. The van der Waals surface area contributed by atoms with Crippen LogP contribution in [-0.2, 0) is 21.2 Å². The van der Waals surface area contributed by atoms with E-state index in [0.29, 0.717) is 5.69 Å². The van der Waals surface area contributed by atoms with Gasteiger partial charge in [0.05, 0.1) is 13.5 Å². The number of benzene rings is 2. The van der Waals surface area contributed by atoms with Crippen LogP contribution in [0.2, 0.25) is 0 Å². The van der Waals surface area contributed by atoms with Gasteiger partial charge in [0, 0.05) is 22.3 Å². The predicted octanol–water partition coefficient (Wildman–Crippen LogP) is 2.31. The minimum absolute atomic E-state index is 0.123. The number of anilines is 1. The van der Waals surface area contributed by atoms with Crippen molar-refractivity contribution in [2.24, 2.45) is 5.14 Å². The zero-order chi connectivity index (χ0) is 18.9. The Morgan fingerprint density at radius 3 is 2.65 bits per heavy atom. The molecule has 3 rings (SSSR count). The maximum absolute atomic E-state index is 12.5. The lowest BCUT2D eigenvalue weighted by atomic mass is 10.1. The Kier molecular flexibility index (Phi) is 4.71. The van der Waals surface area contributed by atoms with E-state index in [1.54, 1.807) is 6.07 Å². The number of fused-ring (bicyclic) bond motifs is 1. The van der Waals surface area contributed by atoms with E-state index in [2.05, 4.69) is 10.3 Å². The summed E-state index contributed by atoms with van der Waals surface area (Å²) in [7, 11) is -2.62. The SMILES string of the molecule is COc1ccc(NC(=O)Cc2c(C)[nH]c3ccccc23)cc1S(N)(=O)=O. The molecule has 7 nitrogen and oxygen atoms in total. The Hall–Kier alpha value is -2.84. The molecule has 0 unspecified atom stereocenters. The zero-order valence-corrected chi connectivity index (χ0v) is 15.2. The van der Waals surface area contributed by atoms with Crippen molar-refractivity contribution in [2.45, 2.75) is 18.2 Å². The number of H-pyrrole nitrogens is 1. The van der Waals surface area contributed by atoms with Gasteiger partial charge in [-0.05, 0) is 36.8 Å². The first-order valence-corrected chi connectivity index (χ1v) is 9.41. The van der Waals surface area contributed by atoms with Crippen molar-refractivity contribution < 1.29 is 17.9 Å². The average molecular weight is 373 g/mol. The molecule has 2 aromatic carbocycles. The maximum atomic E-state index is 12.5. The number of para-hydroxylation sites is 1. The minimum atomic E-state index is -3.97. The van der Waals surface area contributed by atoms with E-state index < -0.39 is 10.0 Å². The van der Waals surface area contributed by atoms with Crippen molar-refractivity contribution in [2.75, 3.05) is 12.4 Å². The monoisotopic (exact) mass is 373 g/mol. The third-order valence-corrected chi connectivity index (χ3v) is 5.05. The largest absolute Gasteiger partial charge is 0.495 e. The molecule has 0 radical (unpaired) electrons. The molecule has 0 aliphatic carbocycles. The number of sulfonamides is 1. The van der Waals surface area contributed by atoms with Crippen LogP contribution in [0.4, 0.5) is 5.69 Å². The highest BCUT2D eigenvalue weighted by atomic mass is 32.2. The Balaban J connectivity index is 1.85. The third-order valence-electron chi connectivity index (χ3n) is 4.12. The number of amides is 1. The van der Waals surface area contributed by atoms with Crippen LogP contribution < -0.4 is 15.2 Å². The van der Waals surface area contributed by atoms with Gasteiger partial charge in [-0.1, -0.05) is 18.2 Å². The highest BCUT2D eigenvalue weighted by Crippen LogP contribution is 2.27. The number of carbonyl (C=O) groups excluding carboxylic acids is 1. The first-order chi connectivity index (χ1) is 12.3. The van der Waals surface area contributed by atoms with Gasteiger partial charge in [0.2, 0.25) is 15.9 Å². The van der Waals surface area contributed by atoms with Gasteiger partial charge in [0.25, 0.3) is 0 Å². The van der Waals surface area contributed by atoms with Gasteiger partial charge in [0.15, 0.2) is 0 Å². The van der Waals surface area contributed by atoms with Crippen molar-refractivity contribution >= 4 is 32.5 Å². The molecule has 0 bridgehead atoms. The highest BCUT2D eigenvalue weighted by Gasteiger charge is 2.17. The first kappa shape index (κ1) is 18.0. The number of ether oxygens (including phenoxy) is 1. The molecule has 0 fully saturated rings. The molecule has 1 amide bonds. The topological polar surface area (TPSA) is 114 Å². The Bertz CT molecular complexity index is 1090. The number of primary sulfonamides is 1. The maximum Gasteiger partial charge on any atom is 0.241 e. The molecule has 0 aliphatic rings. The molecular formula is C18H19N3O4S. The second-order valence-corrected chi connectivity index (χ2v) is 7.44. The van der Waals surface area contributed by atoms with Gasteiger partial charge in [0.1, 0.15) is 10.6 Å². The van der Waals surface area contributed by atoms with Gasteiger partial charge in [-0.15, -0.1) is 0 Å². The molecule has 0 saturated carbocycles. The fraction of sp³-hybridized carbons (Fsp3) is 0.167. The van der Waals surface area contributed by atoms with Gasteiger partial charge in [-0.2, -0.15) is 0 Å². The molecule has 136 valence electrons. The third kappa shape index (κ3) is 3.56. The number of aryl methyl sites for hydroxylation is 1. The molecular weight excluding hydrogens is 354 g/mol. The number of rotatable bonds is 5. The van der Waals surface area contributed by atoms with Gasteiger partial charge < -0.3 is 15.0 Å². The number of methoxy groups -OCH3 is 1. The summed E-state index contributed by atoms with van der Waals surface area (Å²) in [5.74, 6) is -0.138. The van der Waals surface area contributed by atoms with Crippen LogP contribution in [0.25, 0.3) is 10.9 Å². The molecule has 1 heterocycles.